The zero-order chi connectivity index (χ0) is 24.0. The van der Waals surface area contributed by atoms with Crippen molar-refractivity contribution in [1.82, 2.24) is 0 Å². The Hall–Kier alpha value is -3.54. The molecule has 6 heteroatoms. The Labute approximate surface area is 195 Å². The van der Waals surface area contributed by atoms with E-state index in [2.05, 4.69) is 5.32 Å². The third-order valence-electron chi connectivity index (χ3n) is 5.34. The molecular formula is C27H31NO5. The fraction of sp³-hybridized carbons (Fsp3) is 0.333. The number of anilines is 1. The maximum absolute atomic E-state index is 13.1. The van der Waals surface area contributed by atoms with Gasteiger partial charge in [0, 0.05) is 6.42 Å². The van der Waals surface area contributed by atoms with Crippen molar-refractivity contribution in [2.75, 3.05) is 19.5 Å². The lowest BCUT2D eigenvalue weighted by atomic mass is 9.97. The number of methoxy groups -OCH3 is 2. The molecule has 0 bridgehead atoms. The van der Waals surface area contributed by atoms with Crippen molar-refractivity contribution in [3.05, 3.63) is 59.2 Å². The molecule has 1 aliphatic heterocycles. The molecule has 0 spiro atoms. The van der Waals surface area contributed by atoms with Crippen molar-refractivity contribution >= 4 is 29.5 Å². The number of carbonyl (C=O) groups is 2. The number of fused-ring (bicyclic) bond motifs is 1. The van der Waals surface area contributed by atoms with E-state index >= 15 is 0 Å². The molecular weight excluding hydrogens is 418 g/mol. The monoisotopic (exact) mass is 449 g/mol. The van der Waals surface area contributed by atoms with Gasteiger partial charge in [0.25, 0.3) is 0 Å². The molecule has 1 N–H and O–H groups in total. The Morgan fingerprint density at radius 2 is 1.82 bits per heavy atom. The van der Waals surface area contributed by atoms with Crippen LogP contribution < -0.4 is 19.5 Å². The van der Waals surface area contributed by atoms with Gasteiger partial charge in [0.2, 0.25) is 5.91 Å². The van der Waals surface area contributed by atoms with Crippen LogP contribution in [0.5, 0.6) is 17.2 Å². The van der Waals surface area contributed by atoms with Crippen LogP contribution in [0.4, 0.5) is 5.69 Å². The summed E-state index contributed by atoms with van der Waals surface area (Å²) in [6, 6.07) is 8.87. The number of carbonyl (C=O) groups excluding carboxylic acids is 2. The summed E-state index contributed by atoms with van der Waals surface area (Å²) in [6.07, 6.45) is 9.30. The van der Waals surface area contributed by atoms with Crippen LogP contribution in [-0.4, -0.2) is 31.5 Å². The zero-order valence-electron chi connectivity index (χ0n) is 19.9. The summed E-state index contributed by atoms with van der Waals surface area (Å²) in [7, 11) is 3.14. The quantitative estimate of drug-likeness (QED) is 0.380. The number of benzene rings is 2. The van der Waals surface area contributed by atoms with E-state index < -0.39 is 5.60 Å². The van der Waals surface area contributed by atoms with Gasteiger partial charge in [-0.25, -0.2) is 0 Å². The van der Waals surface area contributed by atoms with Gasteiger partial charge < -0.3 is 19.5 Å². The van der Waals surface area contributed by atoms with Crippen LogP contribution in [-0.2, 0) is 4.79 Å². The molecule has 0 saturated heterocycles. The molecule has 1 aliphatic rings. The van der Waals surface area contributed by atoms with Crippen molar-refractivity contribution in [2.24, 2.45) is 0 Å². The van der Waals surface area contributed by atoms with Gasteiger partial charge in [-0.3, -0.25) is 9.59 Å². The van der Waals surface area contributed by atoms with Crippen LogP contribution >= 0.6 is 0 Å². The zero-order valence-corrected chi connectivity index (χ0v) is 19.9. The molecule has 0 aromatic heterocycles. The SMILES string of the molecule is CCCCC(=O)Nc1cc(/C=C/C(=O)c2ccc(OC)c3c2OC(C)(C)C=C3)ccc1OC. The number of ketones is 1. The summed E-state index contributed by atoms with van der Waals surface area (Å²) in [6.45, 7) is 5.91. The largest absolute Gasteiger partial charge is 0.496 e. The van der Waals surface area contributed by atoms with Gasteiger partial charge >= 0.3 is 0 Å². The molecule has 174 valence electrons. The summed E-state index contributed by atoms with van der Waals surface area (Å²) < 4.78 is 16.9. The topological polar surface area (TPSA) is 73.9 Å². The minimum Gasteiger partial charge on any atom is -0.496 e. The van der Waals surface area contributed by atoms with Crippen molar-refractivity contribution in [3.63, 3.8) is 0 Å². The van der Waals surface area contributed by atoms with E-state index in [9.17, 15) is 9.59 Å². The highest BCUT2D eigenvalue weighted by Crippen LogP contribution is 2.40. The minimum absolute atomic E-state index is 0.0648. The maximum Gasteiger partial charge on any atom is 0.224 e. The van der Waals surface area contributed by atoms with Gasteiger partial charge in [0.15, 0.2) is 5.78 Å². The Bertz CT molecular complexity index is 1100. The highest BCUT2D eigenvalue weighted by Gasteiger charge is 2.27. The van der Waals surface area contributed by atoms with Crippen LogP contribution in [0.15, 0.2) is 42.5 Å². The lowest BCUT2D eigenvalue weighted by Crippen LogP contribution is -2.28. The fourth-order valence-corrected chi connectivity index (χ4v) is 3.54. The number of ether oxygens (including phenoxy) is 3. The first-order valence-electron chi connectivity index (χ1n) is 11.1. The van der Waals surface area contributed by atoms with E-state index in [0.717, 1.165) is 24.0 Å². The average Bonchev–Trinajstić information content (AvgIpc) is 2.79. The molecule has 2 aromatic carbocycles. The second kappa shape index (κ2) is 10.4. The van der Waals surface area contributed by atoms with E-state index in [-0.39, 0.29) is 11.7 Å². The number of rotatable bonds is 9. The summed E-state index contributed by atoms with van der Waals surface area (Å²) in [5, 5.41) is 2.89. The number of hydrogen-bond acceptors (Lipinski definition) is 5. The molecule has 1 amide bonds. The fourth-order valence-electron chi connectivity index (χ4n) is 3.54. The molecule has 0 unspecified atom stereocenters. The number of nitrogens with one attached hydrogen (secondary N) is 1. The first-order chi connectivity index (χ1) is 15.8. The Kier molecular flexibility index (Phi) is 7.59. The van der Waals surface area contributed by atoms with Crippen molar-refractivity contribution in [3.8, 4) is 17.2 Å². The molecule has 2 aromatic rings. The Morgan fingerprint density at radius 1 is 1.09 bits per heavy atom. The standard InChI is InChI=1S/C27H31NO5/c1-6-7-8-25(30)28-21-17-18(10-13-24(21)32-5)9-12-22(29)19-11-14-23(31-4)20-15-16-27(2,3)33-26(19)20/h9-17H,6-8H2,1-5H3,(H,28,30)/b12-9+. The predicted octanol–water partition coefficient (Wildman–Crippen LogP) is 5.91. The molecule has 0 radical (unpaired) electrons. The van der Waals surface area contributed by atoms with Crippen molar-refractivity contribution in [2.45, 2.75) is 45.6 Å². The van der Waals surface area contributed by atoms with Crippen LogP contribution in [0.3, 0.4) is 0 Å². The average molecular weight is 450 g/mol. The number of unbranched alkanes of at least 4 members (excludes halogenated alkanes) is 1. The summed E-state index contributed by atoms with van der Waals surface area (Å²) >= 11 is 0. The van der Waals surface area contributed by atoms with E-state index in [1.54, 1.807) is 44.6 Å². The van der Waals surface area contributed by atoms with Crippen LogP contribution in [0.2, 0.25) is 0 Å². The van der Waals surface area contributed by atoms with Crippen molar-refractivity contribution in [1.29, 1.82) is 0 Å². The van der Waals surface area contributed by atoms with Gasteiger partial charge in [0.1, 0.15) is 22.8 Å². The first kappa shape index (κ1) is 24.1. The smallest absolute Gasteiger partial charge is 0.224 e. The molecule has 0 atom stereocenters. The van der Waals surface area contributed by atoms with Crippen molar-refractivity contribution < 1.29 is 23.8 Å². The van der Waals surface area contributed by atoms with Gasteiger partial charge in [-0.15, -0.1) is 0 Å². The highest BCUT2D eigenvalue weighted by molar-refractivity contribution is 6.09. The second-order valence-electron chi connectivity index (χ2n) is 8.41. The predicted molar refractivity (Wildman–Crippen MR) is 131 cm³/mol. The molecule has 6 nitrogen and oxygen atoms in total. The molecule has 1 heterocycles. The van der Waals surface area contributed by atoms with E-state index in [1.165, 1.54) is 6.08 Å². The summed E-state index contributed by atoms with van der Waals surface area (Å²) in [5.74, 6) is 1.47. The van der Waals surface area contributed by atoms with Gasteiger partial charge in [-0.2, -0.15) is 0 Å². The normalized spacial score (nSPS) is 13.8. The molecule has 33 heavy (non-hydrogen) atoms. The molecule has 3 rings (SSSR count). The minimum atomic E-state index is -0.529. The second-order valence-corrected chi connectivity index (χ2v) is 8.41. The Morgan fingerprint density at radius 3 is 2.52 bits per heavy atom. The highest BCUT2D eigenvalue weighted by atomic mass is 16.5. The number of allylic oxidation sites excluding steroid dienone is 1. The van der Waals surface area contributed by atoms with Gasteiger partial charge in [0.05, 0.1) is 31.0 Å². The molecule has 0 aliphatic carbocycles. The van der Waals surface area contributed by atoms with E-state index in [0.29, 0.717) is 34.9 Å². The third-order valence-corrected chi connectivity index (χ3v) is 5.34. The number of amides is 1. The van der Waals surface area contributed by atoms with Crippen LogP contribution in [0.25, 0.3) is 12.2 Å². The van der Waals surface area contributed by atoms with E-state index in [4.69, 9.17) is 14.2 Å². The molecule has 0 saturated carbocycles. The van der Waals surface area contributed by atoms with Crippen LogP contribution in [0.1, 0.15) is 61.5 Å². The summed E-state index contributed by atoms with van der Waals surface area (Å²) in [4.78, 5) is 25.3. The maximum atomic E-state index is 13.1. The third kappa shape index (κ3) is 5.83. The lowest BCUT2D eigenvalue weighted by Gasteiger charge is -2.29. The molecule has 0 fully saturated rings. The summed E-state index contributed by atoms with van der Waals surface area (Å²) in [5.41, 5.74) is 2.02. The van der Waals surface area contributed by atoms with Crippen LogP contribution in [0, 0.1) is 0 Å². The van der Waals surface area contributed by atoms with E-state index in [1.807, 2.05) is 39.0 Å². The Balaban J connectivity index is 1.86. The number of hydrogen-bond donors (Lipinski definition) is 1. The van der Waals surface area contributed by atoms with Gasteiger partial charge in [-0.05, 0) is 68.3 Å². The van der Waals surface area contributed by atoms with Gasteiger partial charge in [-0.1, -0.05) is 25.5 Å². The lowest BCUT2D eigenvalue weighted by molar-refractivity contribution is -0.116. The first-order valence-corrected chi connectivity index (χ1v) is 11.1.